The van der Waals surface area contributed by atoms with Crippen molar-refractivity contribution in [2.24, 2.45) is 11.8 Å². The third-order valence-corrected chi connectivity index (χ3v) is 5.82. The average molecular weight is 346 g/mol. The summed E-state index contributed by atoms with van der Waals surface area (Å²) in [6.45, 7) is 4.22. The topological polar surface area (TPSA) is 32.3 Å². The van der Waals surface area contributed by atoms with Gasteiger partial charge in [-0.2, -0.15) is 0 Å². The number of benzene rings is 1. The number of piperidine rings is 1. The average Bonchev–Trinajstić information content (AvgIpc) is 3.14. The SMILES string of the molecule is O=C(NC[C@H]1CCCN(CCCC2CCCC2)C1)c1ccc(F)cc1. The summed E-state index contributed by atoms with van der Waals surface area (Å²) in [5.74, 6) is 1.11. The molecule has 0 bridgehead atoms. The van der Waals surface area contributed by atoms with E-state index >= 15 is 0 Å². The molecule has 1 amide bonds. The Kier molecular flexibility index (Phi) is 6.85. The lowest BCUT2D eigenvalue weighted by Gasteiger charge is -2.33. The third-order valence-electron chi connectivity index (χ3n) is 5.82. The highest BCUT2D eigenvalue weighted by atomic mass is 19.1. The van der Waals surface area contributed by atoms with E-state index in [4.69, 9.17) is 0 Å². The summed E-state index contributed by atoms with van der Waals surface area (Å²) in [6.07, 6.45) is 10.9. The van der Waals surface area contributed by atoms with Gasteiger partial charge in [0.05, 0.1) is 0 Å². The monoisotopic (exact) mass is 346 g/mol. The number of carbonyl (C=O) groups is 1. The molecular formula is C21H31FN2O. The van der Waals surface area contributed by atoms with Crippen molar-refractivity contribution in [2.75, 3.05) is 26.2 Å². The van der Waals surface area contributed by atoms with Crippen molar-refractivity contribution >= 4 is 5.91 Å². The van der Waals surface area contributed by atoms with Gasteiger partial charge >= 0.3 is 0 Å². The molecule has 3 rings (SSSR count). The van der Waals surface area contributed by atoms with E-state index in [0.29, 0.717) is 11.5 Å². The van der Waals surface area contributed by atoms with Crippen LogP contribution in [0.2, 0.25) is 0 Å². The minimum absolute atomic E-state index is 0.0987. The van der Waals surface area contributed by atoms with Crippen LogP contribution in [0.4, 0.5) is 4.39 Å². The maximum atomic E-state index is 12.9. The van der Waals surface area contributed by atoms with E-state index in [-0.39, 0.29) is 11.7 Å². The molecule has 0 unspecified atom stereocenters. The first-order chi connectivity index (χ1) is 12.2. The number of halogens is 1. The largest absolute Gasteiger partial charge is 0.352 e. The highest BCUT2D eigenvalue weighted by Gasteiger charge is 2.21. The van der Waals surface area contributed by atoms with Crippen molar-refractivity contribution in [3.8, 4) is 0 Å². The Morgan fingerprint density at radius 3 is 2.56 bits per heavy atom. The second kappa shape index (κ2) is 9.33. The van der Waals surface area contributed by atoms with Gasteiger partial charge in [0.2, 0.25) is 0 Å². The van der Waals surface area contributed by atoms with Gasteiger partial charge in [-0.25, -0.2) is 4.39 Å². The molecule has 3 nitrogen and oxygen atoms in total. The van der Waals surface area contributed by atoms with Crippen molar-refractivity contribution in [1.82, 2.24) is 10.2 Å². The Labute approximate surface area is 151 Å². The molecule has 1 saturated heterocycles. The lowest BCUT2D eigenvalue weighted by molar-refractivity contribution is 0.0931. The first-order valence-corrected chi connectivity index (χ1v) is 9.97. The van der Waals surface area contributed by atoms with Crippen LogP contribution in [-0.2, 0) is 0 Å². The predicted molar refractivity (Wildman–Crippen MR) is 99.1 cm³/mol. The summed E-state index contributed by atoms with van der Waals surface area (Å²) in [5.41, 5.74) is 0.533. The molecule has 1 atom stereocenters. The summed E-state index contributed by atoms with van der Waals surface area (Å²) >= 11 is 0. The van der Waals surface area contributed by atoms with E-state index < -0.39 is 0 Å². The molecule has 1 saturated carbocycles. The molecule has 0 spiro atoms. The van der Waals surface area contributed by atoms with Crippen LogP contribution in [0.25, 0.3) is 0 Å². The second-order valence-corrected chi connectivity index (χ2v) is 7.82. The molecule has 1 aliphatic carbocycles. The third kappa shape index (κ3) is 5.81. The molecule has 1 aliphatic heterocycles. The highest BCUT2D eigenvalue weighted by Crippen LogP contribution is 2.28. The molecule has 0 aromatic heterocycles. The maximum absolute atomic E-state index is 12.9. The van der Waals surface area contributed by atoms with Gasteiger partial charge in [0.15, 0.2) is 0 Å². The summed E-state index contributed by atoms with van der Waals surface area (Å²) < 4.78 is 12.9. The van der Waals surface area contributed by atoms with Crippen LogP contribution in [0.15, 0.2) is 24.3 Å². The van der Waals surface area contributed by atoms with Crippen LogP contribution in [0, 0.1) is 17.7 Å². The van der Waals surface area contributed by atoms with Crippen molar-refractivity contribution < 1.29 is 9.18 Å². The zero-order valence-electron chi connectivity index (χ0n) is 15.2. The molecule has 2 fully saturated rings. The number of nitrogens with zero attached hydrogens (tertiary/aromatic N) is 1. The molecule has 1 aromatic carbocycles. The van der Waals surface area contributed by atoms with Gasteiger partial charge in [-0.05, 0) is 74.9 Å². The van der Waals surface area contributed by atoms with Crippen LogP contribution in [-0.4, -0.2) is 37.0 Å². The zero-order chi connectivity index (χ0) is 17.5. The van der Waals surface area contributed by atoms with Gasteiger partial charge in [0, 0.05) is 18.7 Å². The number of hydrogen-bond acceptors (Lipinski definition) is 2. The molecule has 0 radical (unpaired) electrons. The van der Waals surface area contributed by atoms with Crippen LogP contribution in [0.5, 0.6) is 0 Å². The summed E-state index contributed by atoms with van der Waals surface area (Å²) in [4.78, 5) is 14.7. The molecule has 1 heterocycles. The Hall–Kier alpha value is -1.42. The summed E-state index contributed by atoms with van der Waals surface area (Å²) in [5, 5.41) is 3.02. The second-order valence-electron chi connectivity index (χ2n) is 7.82. The smallest absolute Gasteiger partial charge is 0.251 e. The standard InChI is InChI=1S/C21H31FN2O/c22-20-11-9-19(10-12-20)21(25)23-15-18-8-4-14-24(16-18)13-3-7-17-5-1-2-6-17/h9-12,17-18H,1-8,13-16H2,(H,23,25)/t18-/m1/s1. The first kappa shape index (κ1) is 18.4. The Morgan fingerprint density at radius 1 is 1.08 bits per heavy atom. The molecule has 2 aliphatic rings. The molecule has 25 heavy (non-hydrogen) atoms. The van der Waals surface area contributed by atoms with E-state index in [2.05, 4.69) is 10.2 Å². The fourth-order valence-corrected chi connectivity index (χ4v) is 4.36. The number of carbonyl (C=O) groups excluding carboxylic acids is 1. The quantitative estimate of drug-likeness (QED) is 0.801. The number of hydrogen-bond donors (Lipinski definition) is 1. The number of likely N-dealkylation sites (tertiary alicyclic amines) is 1. The van der Waals surface area contributed by atoms with Gasteiger partial charge < -0.3 is 10.2 Å². The van der Waals surface area contributed by atoms with E-state index in [1.54, 1.807) is 12.1 Å². The van der Waals surface area contributed by atoms with Crippen LogP contribution in [0.3, 0.4) is 0 Å². The Balaban J connectivity index is 1.36. The van der Waals surface area contributed by atoms with Crippen molar-refractivity contribution in [2.45, 2.75) is 51.4 Å². The predicted octanol–water partition coefficient (Wildman–Crippen LogP) is 4.24. The Morgan fingerprint density at radius 2 is 1.80 bits per heavy atom. The van der Waals surface area contributed by atoms with E-state index in [1.807, 2.05) is 0 Å². The van der Waals surface area contributed by atoms with Gasteiger partial charge in [-0.15, -0.1) is 0 Å². The molecule has 138 valence electrons. The fourth-order valence-electron chi connectivity index (χ4n) is 4.36. The van der Waals surface area contributed by atoms with Gasteiger partial charge in [0.1, 0.15) is 5.82 Å². The summed E-state index contributed by atoms with van der Waals surface area (Å²) in [6, 6.07) is 5.75. The van der Waals surface area contributed by atoms with E-state index in [9.17, 15) is 9.18 Å². The normalized spacial score (nSPS) is 22.2. The fraction of sp³-hybridized carbons (Fsp3) is 0.667. The number of nitrogens with one attached hydrogen (secondary N) is 1. The van der Waals surface area contributed by atoms with Crippen LogP contribution >= 0.6 is 0 Å². The lowest BCUT2D eigenvalue weighted by Crippen LogP contribution is -2.41. The maximum Gasteiger partial charge on any atom is 0.251 e. The molecular weight excluding hydrogens is 315 g/mol. The van der Waals surface area contributed by atoms with Crippen molar-refractivity contribution in [3.05, 3.63) is 35.6 Å². The first-order valence-electron chi connectivity index (χ1n) is 9.97. The van der Waals surface area contributed by atoms with E-state index in [0.717, 1.165) is 19.0 Å². The molecule has 1 aromatic rings. The van der Waals surface area contributed by atoms with Crippen molar-refractivity contribution in [3.63, 3.8) is 0 Å². The highest BCUT2D eigenvalue weighted by molar-refractivity contribution is 5.94. The zero-order valence-corrected chi connectivity index (χ0v) is 15.2. The molecule has 4 heteroatoms. The van der Waals surface area contributed by atoms with Crippen molar-refractivity contribution in [1.29, 1.82) is 0 Å². The number of amides is 1. The minimum atomic E-state index is -0.308. The van der Waals surface area contributed by atoms with Gasteiger partial charge in [-0.3, -0.25) is 4.79 Å². The van der Waals surface area contributed by atoms with Gasteiger partial charge in [-0.1, -0.05) is 25.7 Å². The van der Waals surface area contributed by atoms with Gasteiger partial charge in [0.25, 0.3) is 5.91 Å². The lowest BCUT2D eigenvalue weighted by atomic mass is 9.96. The van der Waals surface area contributed by atoms with Crippen LogP contribution < -0.4 is 5.32 Å². The summed E-state index contributed by atoms with van der Waals surface area (Å²) in [7, 11) is 0. The molecule has 1 N–H and O–H groups in total. The van der Waals surface area contributed by atoms with Crippen LogP contribution in [0.1, 0.15) is 61.7 Å². The van der Waals surface area contributed by atoms with E-state index in [1.165, 1.54) is 76.6 Å². The Bertz CT molecular complexity index is 539. The minimum Gasteiger partial charge on any atom is -0.352 e. The number of rotatable bonds is 7.